The van der Waals surface area contributed by atoms with Crippen LogP contribution in [-0.2, 0) is 9.59 Å². The highest BCUT2D eigenvalue weighted by molar-refractivity contribution is 5.85. The molecule has 1 saturated carbocycles. The Labute approximate surface area is 113 Å². The number of carbonyl (C=O) groups excluding carboxylic acids is 1. The van der Waals surface area contributed by atoms with E-state index in [0.717, 1.165) is 12.8 Å². The Morgan fingerprint density at radius 1 is 1.21 bits per heavy atom. The van der Waals surface area contributed by atoms with Crippen molar-refractivity contribution in [2.24, 2.45) is 23.7 Å². The first-order valence-corrected chi connectivity index (χ1v) is 7.19. The molecule has 4 atom stereocenters. The monoisotopic (exact) mass is 269 g/mol. The average Bonchev–Trinajstić information content (AvgIpc) is 3.04. The highest BCUT2D eigenvalue weighted by Gasteiger charge is 2.44. The Bertz CT molecular complexity index is 357. The van der Waals surface area contributed by atoms with Gasteiger partial charge in [-0.1, -0.05) is 13.3 Å². The number of carbonyl (C=O) groups is 2. The number of carboxylic acid groups (broad SMARTS) is 1. The van der Waals surface area contributed by atoms with Gasteiger partial charge in [0, 0.05) is 25.6 Å². The summed E-state index contributed by atoms with van der Waals surface area (Å²) in [6, 6.07) is 0. The van der Waals surface area contributed by atoms with E-state index in [1.165, 1.54) is 0 Å². The van der Waals surface area contributed by atoms with Crippen LogP contribution in [0.5, 0.6) is 0 Å². The smallest absolute Gasteiger partial charge is 0.307 e. The summed E-state index contributed by atoms with van der Waals surface area (Å²) < 4.78 is 0. The normalized spacial score (nSPS) is 34.7. The summed E-state index contributed by atoms with van der Waals surface area (Å²) in [5.41, 5.74) is 0. The van der Waals surface area contributed by atoms with Crippen molar-refractivity contribution in [1.29, 1.82) is 0 Å². The SMILES string of the molecule is CCC1C[C@H](C(=O)N2CCC(CO)C2)[C@H](C(=O)O)C1. The number of carboxylic acids is 1. The molecule has 1 amide bonds. The van der Waals surface area contributed by atoms with Crippen LogP contribution in [0.4, 0.5) is 0 Å². The van der Waals surface area contributed by atoms with Crippen LogP contribution in [0.2, 0.25) is 0 Å². The molecule has 108 valence electrons. The summed E-state index contributed by atoms with van der Waals surface area (Å²) in [5, 5.41) is 18.4. The number of aliphatic hydroxyl groups excluding tert-OH is 1. The molecule has 0 aromatic heterocycles. The summed E-state index contributed by atoms with van der Waals surface area (Å²) in [7, 11) is 0. The molecule has 0 radical (unpaired) electrons. The molecule has 0 aromatic carbocycles. The minimum atomic E-state index is -0.841. The predicted octanol–water partition coefficient (Wildman–Crippen LogP) is 0.964. The molecule has 1 aliphatic heterocycles. The van der Waals surface area contributed by atoms with Gasteiger partial charge >= 0.3 is 5.97 Å². The van der Waals surface area contributed by atoms with Gasteiger partial charge in [-0.2, -0.15) is 0 Å². The predicted molar refractivity (Wildman–Crippen MR) is 69.4 cm³/mol. The number of aliphatic carboxylic acids is 1. The number of rotatable bonds is 4. The average molecular weight is 269 g/mol. The van der Waals surface area contributed by atoms with Crippen LogP contribution in [0.25, 0.3) is 0 Å². The molecule has 5 heteroatoms. The summed E-state index contributed by atoms with van der Waals surface area (Å²) in [6.45, 7) is 3.39. The van der Waals surface area contributed by atoms with Crippen LogP contribution >= 0.6 is 0 Å². The third kappa shape index (κ3) is 2.91. The number of hydrogen-bond acceptors (Lipinski definition) is 3. The topological polar surface area (TPSA) is 77.8 Å². The van der Waals surface area contributed by atoms with Crippen LogP contribution in [0, 0.1) is 23.7 Å². The Balaban J connectivity index is 2.03. The zero-order valence-corrected chi connectivity index (χ0v) is 11.4. The van der Waals surface area contributed by atoms with E-state index in [2.05, 4.69) is 0 Å². The molecule has 5 nitrogen and oxygen atoms in total. The molecule has 0 bridgehead atoms. The molecule has 0 aromatic rings. The zero-order chi connectivity index (χ0) is 14.0. The molecule has 1 aliphatic carbocycles. The van der Waals surface area contributed by atoms with Crippen molar-refractivity contribution in [3.63, 3.8) is 0 Å². The molecule has 19 heavy (non-hydrogen) atoms. The van der Waals surface area contributed by atoms with Crippen molar-refractivity contribution in [3.8, 4) is 0 Å². The number of amides is 1. The van der Waals surface area contributed by atoms with Crippen LogP contribution in [-0.4, -0.2) is 46.7 Å². The first-order valence-electron chi connectivity index (χ1n) is 7.19. The van der Waals surface area contributed by atoms with Crippen molar-refractivity contribution in [2.75, 3.05) is 19.7 Å². The Morgan fingerprint density at radius 2 is 1.89 bits per heavy atom. The van der Waals surface area contributed by atoms with Crippen molar-refractivity contribution in [2.45, 2.75) is 32.6 Å². The maximum atomic E-state index is 12.5. The van der Waals surface area contributed by atoms with E-state index >= 15 is 0 Å². The van der Waals surface area contributed by atoms with Crippen molar-refractivity contribution in [1.82, 2.24) is 4.90 Å². The Morgan fingerprint density at radius 3 is 2.42 bits per heavy atom. The molecule has 1 saturated heterocycles. The van der Waals surface area contributed by atoms with Crippen molar-refractivity contribution in [3.05, 3.63) is 0 Å². The lowest BCUT2D eigenvalue weighted by atomic mass is 9.95. The van der Waals surface area contributed by atoms with E-state index in [1.807, 2.05) is 6.92 Å². The second-order valence-electron chi connectivity index (χ2n) is 5.92. The second kappa shape index (κ2) is 5.90. The van der Waals surface area contributed by atoms with E-state index in [4.69, 9.17) is 5.11 Å². The third-order valence-corrected chi connectivity index (χ3v) is 4.73. The van der Waals surface area contributed by atoms with Crippen LogP contribution in [0.15, 0.2) is 0 Å². The van der Waals surface area contributed by atoms with Gasteiger partial charge in [0.25, 0.3) is 0 Å². The number of nitrogens with zero attached hydrogens (tertiary/aromatic N) is 1. The Hall–Kier alpha value is -1.10. The van der Waals surface area contributed by atoms with E-state index < -0.39 is 11.9 Å². The zero-order valence-electron chi connectivity index (χ0n) is 11.4. The van der Waals surface area contributed by atoms with Crippen LogP contribution in [0.3, 0.4) is 0 Å². The fraction of sp³-hybridized carbons (Fsp3) is 0.857. The van der Waals surface area contributed by atoms with Crippen LogP contribution in [0.1, 0.15) is 32.6 Å². The summed E-state index contributed by atoms with van der Waals surface area (Å²) in [5.74, 6) is -1.22. The fourth-order valence-electron chi connectivity index (χ4n) is 3.44. The standard InChI is InChI=1S/C14H23NO4/c1-2-9-5-11(12(6-9)14(18)19)13(17)15-4-3-10(7-15)8-16/h9-12,16H,2-8H2,1H3,(H,18,19)/t9?,10?,11-,12+/m0/s1. The van der Waals surface area contributed by atoms with E-state index in [9.17, 15) is 14.7 Å². The molecular formula is C14H23NO4. The van der Waals surface area contributed by atoms with E-state index in [-0.39, 0.29) is 24.3 Å². The highest BCUT2D eigenvalue weighted by Crippen LogP contribution is 2.40. The van der Waals surface area contributed by atoms with Gasteiger partial charge in [-0.25, -0.2) is 0 Å². The maximum Gasteiger partial charge on any atom is 0.307 e. The van der Waals surface area contributed by atoms with Gasteiger partial charge in [-0.3, -0.25) is 9.59 Å². The number of likely N-dealkylation sites (tertiary alicyclic amines) is 1. The van der Waals surface area contributed by atoms with Gasteiger partial charge in [0.15, 0.2) is 0 Å². The summed E-state index contributed by atoms with van der Waals surface area (Å²) in [4.78, 5) is 25.5. The lowest BCUT2D eigenvalue weighted by Crippen LogP contribution is -2.38. The van der Waals surface area contributed by atoms with Crippen molar-refractivity contribution < 1.29 is 19.8 Å². The van der Waals surface area contributed by atoms with E-state index in [0.29, 0.717) is 31.8 Å². The second-order valence-corrected chi connectivity index (χ2v) is 5.92. The molecular weight excluding hydrogens is 246 g/mol. The van der Waals surface area contributed by atoms with Gasteiger partial charge in [0.1, 0.15) is 0 Å². The quantitative estimate of drug-likeness (QED) is 0.797. The maximum absolute atomic E-state index is 12.5. The molecule has 2 N–H and O–H groups in total. The summed E-state index contributed by atoms with van der Waals surface area (Å²) >= 11 is 0. The molecule has 2 rings (SSSR count). The lowest BCUT2D eigenvalue weighted by Gasteiger charge is -2.23. The molecule has 2 fully saturated rings. The van der Waals surface area contributed by atoms with Gasteiger partial charge in [-0.15, -0.1) is 0 Å². The molecule has 1 heterocycles. The minimum absolute atomic E-state index is 0.0145. The highest BCUT2D eigenvalue weighted by atomic mass is 16.4. The number of aliphatic hydroxyl groups is 1. The van der Waals surface area contributed by atoms with Crippen molar-refractivity contribution >= 4 is 11.9 Å². The van der Waals surface area contributed by atoms with Gasteiger partial charge in [-0.05, 0) is 25.2 Å². The first-order chi connectivity index (χ1) is 9.06. The first kappa shape index (κ1) is 14.3. The Kier molecular flexibility index (Phi) is 4.45. The van der Waals surface area contributed by atoms with E-state index in [1.54, 1.807) is 4.90 Å². The molecule has 0 spiro atoms. The minimum Gasteiger partial charge on any atom is -0.481 e. The van der Waals surface area contributed by atoms with Gasteiger partial charge in [0.2, 0.25) is 5.91 Å². The largest absolute Gasteiger partial charge is 0.481 e. The van der Waals surface area contributed by atoms with Crippen LogP contribution < -0.4 is 0 Å². The molecule has 2 unspecified atom stereocenters. The lowest BCUT2D eigenvalue weighted by molar-refractivity contribution is -0.148. The number of hydrogen-bond donors (Lipinski definition) is 2. The fourth-order valence-corrected chi connectivity index (χ4v) is 3.44. The van der Waals surface area contributed by atoms with Gasteiger partial charge < -0.3 is 15.1 Å². The molecule has 2 aliphatic rings. The van der Waals surface area contributed by atoms with Gasteiger partial charge in [0.05, 0.1) is 11.8 Å². The summed E-state index contributed by atoms with van der Waals surface area (Å²) in [6.07, 6.45) is 3.09. The third-order valence-electron chi connectivity index (χ3n) is 4.73.